The number of hydrazine groups is 1. The summed E-state index contributed by atoms with van der Waals surface area (Å²) in [5.74, 6) is 0.526. The second-order valence-electron chi connectivity index (χ2n) is 9.83. The molecule has 0 radical (unpaired) electrons. The second kappa shape index (κ2) is 12.2. The van der Waals surface area contributed by atoms with Crippen LogP contribution < -0.4 is 21.5 Å². The molecule has 1 aliphatic heterocycles. The first kappa shape index (κ1) is 25.3. The third-order valence-electron chi connectivity index (χ3n) is 7.13. The smallest absolute Gasteiger partial charge is 0.229 e. The molecule has 9 heteroatoms. The molecule has 184 valence electrons. The standard InChI is InChI=1S/C23H41F2N5O2/c1-4-32-13-15(3)26-23(28-22(31)16-7-9-18(24)10-8-16)27-21-12-20(29-30-21)17-6-5-14(2)19(25)11-17/h14-21,29-30H,4-13H2,1-3H3,(H2,26,27,28,31)/t14?,15-,16?,17?,18?,19?,20?,21?/m0/s1. The van der Waals surface area contributed by atoms with Crippen molar-refractivity contribution in [3.63, 3.8) is 0 Å². The van der Waals surface area contributed by atoms with Crippen LogP contribution in [0.3, 0.4) is 0 Å². The highest BCUT2D eigenvalue weighted by Crippen LogP contribution is 2.35. The van der Waals surface area contributed by atoms with E-state index in [1.54, 1.807) is 0 Å². The molecule has 1 amide bonds. The fourth-order valence-electron chi connectivity index (χ4n) is 4.98. The van der Waals surface area contributed by atoms with E-state index in [0.717, 1.165) is 19.3 Å². The summed E-state index contributed by atoms with van der Waals surface area (Å²) >= 11 is 0. The van der Waals surface area contributed by atoms with Crippen molar-refractivity contribution >= 4 is 11.9 Å². The first-order chi connectivity index (χ1) is 15.4. The number of hydrogen-bond acceptors (Lipinski definition) is 5. The number of nitrogens with zero attached hydrogens (tertiary/aromatic N) is 1. The Morgan fingerprint density at radius 3 is 2.56 bits per heavy atom. The highest BCUT2D eigenvalue weighted by Gasteiger charge is 2.36. The molecular formula is C23H41F2N5O2. The lowest BCUT2D eigenvalue weighted by Crippen LogP contribution is -2.49. The SMILES string of the molecule is CCOC[C@H](C)N/C(=N/C1CC(C2CCC(C)C(F)C2)NN1)NC(=O)C1CCC(F)CC1. The lowest BCUT2D eigenvalue weighted by molar-refractivity contribution is -0.124. The molecule has 3 fully saturated rings. The lowest BCUT2D eigenvalue weighted by atomic mass is 9.77. The topological polar surface area (TPSA) is 86.8 Å². The van der Waals surface area contributed by atoms with Gasteiger partial charge in [0, 0.05) is 31.0 Å². The minimum atomic E-state index is -0.797. The van der Waals surface area contributed by atoms with Crippen LogP contribution in [0.15, 0.2) is 4.99 Å². The van der Waals surface area contributed by atoms with Crippen LogP contribution in [0.5, 0.6) is 0 Å². The molecule has 2 aliphatic carbocycles. The molecule has 6 atom stereocenters. The molecule has 1 heterocycles. The molecule has 7 nitrogen and oxygen atoms in total. The average molecular weight is 458 g/mol. The Bertz CT molecular complexity index is 630. The van der Waals surface area contributed by atoms with Gasteiger partial charge in [0.2, 0.25) is 5.91 Å². The van der Waals surface area contributed by atoms with E-state index in [1.165, 1.54) is 0 Å². The van der Waals surface area contributed by atoms with Gasteiger partial charge in [-0.1, -0.05) is 6.92 Å². The molecule has 3 aliphatic rings. The molecule has 0 aromatic carbocycles. The van der Waals surface area contributed by atoms with Gasteiger partial charge >= 0.3 is 0 Å². The Balaban J connectivity index is 1.59. The van der Waals surface area contributed by atoms with Crippen molar-refractivity contribution in [3.05, 3.63) is 0 Å². The average Bonchev–Trinajstić information content (AvgIpc) is 3.23. The summed E-state index contributed by atoms with van der Waals surface area (Å²) in [6, 6.07) is 0.125. The molecular weight excluding hydrogens is 416 g/mol. The number of guanidine groups is 1. The van der Waals surface area contributed by atoms with Gasteiger partial charge in [-0.3, -0.25) is 15.5 Å². The predicted molar refractivity (Wildman–Crippen MR) is 121 cm³/mol. The van der Waals surface area contributed by atoms with Gasteiger partial charge in [0.25, 0.3) is 0 Å². The summed E-state index contributed by atoms with van der Waals surface area (Å²) in [4.78, 5) is 17.5. The van der Waals surface area contributed by atoms with Crippen LogP contribution in [0, 0.1) is 17.8 Å². The zero-order valence-electron chi connectivity index (χ0n) is 19.7. The number of rotatable bonds is 7. The normalized spacial score (nSPS) is 37.2. The van der Waals surface area contributed by atoms with Crippen LogP contribution in [-0.4, -0.2) is 55.7 Å². The fourth-order valence-corrected chi connectivity index (χ4v) is 4.98. The number of halogens is 2. The van der Waals surface area contributed by atoms with Gasteiger partial charge in [0.15, 0.2) is 5.96 Å². The molecule has 3 rings (SSSR count). The number of carbonyl (C=O) groups excluding carboxylic acids is 1. The summed E-state index contributed by atoms with van der Waals surface area (Å²) in [5, 5.41) is 6.19. The molecule has 32 heavy (non-hydrogen) atoms. The Hall–Kier alpha value is -1.32. The van der Waals surface area contributed by atoms with E-state index in [-0.39, 0.29) is 41.9 Å². The predicted octanol–water partition coefficient (Wildman–Crippen LogP) is 2.97. The molecule has 1 saturated heterocycles. The van der Waals surface area contributed by atoms with Crippen LogP contribution in [-0.2, 0) is 9.53 Å². The molecule has 0 bridgehead atoms. The Morgan fingerprint density at radius 2 is 1.88 bits per heavy atom. The number of aliphatic imine (C=N–C) groups is 1. The van der Waals surface area contributed by atoms with E-state index < -0.39 is 12.3 Å². The van der Waals surface area contributed by atoms with E-state index in [2.05, 4.69) is 21.5 Å². The van der Waals surface area contributed by atoms with Crippen molar-refractivity contribution in [1.82, 2.24) is 21.5 Å². The largest absolute Gasteiger partial charge is 0.380 e. The molecule has 0 spiro atoms. The molecule has 4 N–H and O–H groups in total. The zero-order valence-corrected chi connectivity index (χ0v) is 19.7. The lowest BCUT2D eigenvalue weighted by Gasteiger charge is -2.32. The highest BCUT2D eigenvalue weighted by atomic mass is 19.1. The first-order valence-electron chi connectivity index (χ1n) is 12.4. The maximum Gasteiger partial charge on any atom is 0.229 e. The minimum absolute atomic E-state index is 0.0344. The van der Waals surface area contributed by atoms with Crippen LogP contribution in [0.1, 0.15) is 72.1 Å². The second-order valence-corrected chi connectivity index (χ2v) is 9.83. The van der Waals surface area contributed by atoms with E-state index in [1.807, 2.05) is 20.8 Å². The summed E-state index contributed by atoms with van der Waals surface area (Å²) in [7, 11) is 0. The van der Waals surface area contributed by atoms with Gasteiger partial charge in [0.05, 0.1) is 6.61 Å². The first-order valence-corrected chi connectivity index (χ1v) is 12.4. The van der Waals surface area contributed by atoms with Crippen molar-refractivity contribution in [2.45, 2.75) is 103 Å². The zero-order chi connectivity index (χ0) is 23.1. The molecule has 0 aromatic heterocycles. The van der Waals surface area contributed by atoms with Crippen molar-refractivity contribution in [2.75, 3.05) is 13.2 Å². The Labute approximate surface area is 190 Å². The highest BCUT2D eigenvalue weighted by molar-refractivity contribution is 5.98. The molecule has 2 saturated carbocycles. The maximum atomic E-state index is 14.2. The van der Waals surface area contributed by atoms with E-state index >= 15 is 0 Å². The molecule has 0 aromatic rings. The van der Waals surface area contributed by atoms with Crippen molar-refractivity contribution in [3.8, 4) is 0 Å². The van der Waals surface area contributed by atoms with E-state index in [4.69, 9.17) is 9.73 Å². The van der Waals surface area contributed by atoms with Crippen molar-refractivity contribution in [2.24, 2.45) is 22.7 Å². The van der Waals surface area contributed by atoms with Gasteiger partial charge in [-0.15, -0.1) is 0 Å². The minimum Gasteiger partial charge on any atom is -0.380 e. The third-order valence-corrected chi connectivity index (χ3v) is 7.13. The quantitative estimate of drug-likeness (QED) is 0.349. The van der Waals surface area contributed by atoms with Crippen LogP contribution in [0.4, 0.5) is 8.78 Å². The van der Waals surface area contributed by atoms with Crippen LogP contribution in [0.25, 0.3) is 0 Å². The number of nitrogens with one attached hydrogen (secondary N) is 4. The van der Waals surface area contributed by atoms with E-state index in [0.29, 0.717) is 51.3 Å². The summed E-state index contributed by atoms with van der Waals surface area (Å²) in [5.41, 5.74) is 6.50. The number of hydrogen-bond donors (Lipinski definition) is 4. The van der Waals surface area contributed by atoms with Crippen molar-refractivity contribution < 1.29 is 18.3 Å². The molecule has 5 unspecified atom stereocenters. The number of ether oxygens (including phenoxy) is 1. The van der Waals surface area contributed by atoms with Gasteiger partial charge in [-0.05, 0) is 70.6 Å². The van der Waals surface area contributed by atoms with Gasteiger partial charge in [0.1, 0.15) is 18.5 Å². The fraction of sp³-hybridized carbons (Fsp3) is 0.913. The van der Waals surface area contributed by atoms with Gasteiger partial charge < -0.3 is 10.1 Å². The number of carbonyl (C=O) groups is 1. The van der Waals surface area contributed by atoms with Gasteiger partial charge in [-0.2, -0.15) is 0 Å². The van der Waals surface area contributed by atoms with Crippen LogP contribution >= 0.6 is 0 Å². The monoisotopic (exact) mass is 457 g/mol. The Morgan fingerprint density at radius 1 is 1.12 bits per heavy atom. The van der Waals surface area contributed by atoms with Gasteiger partial charge in [-0.25, -0.2) is 19.2 Å². The third kappa shape index (κ3) is 7.35. The number of amides is 1. The Kier molecular flexibility index (Phi) is 9.67. The van der Waals surface area contributed by atoms with Crippen LogP contribution in [0.2, 0.25) is 0 Å². The summed E-state index contributed by atoms with van der Waals surface area (Å²) < 4.78 is 33.1. The summed E-state index contributed by atoms with van der Waals surface area (Å²) in [6.45, 7) is 7.00. The number of alkyl halides is 2. The van der Waals surface area contributed by atoms with E-state index in [9.17, 15) is 13.6 Å². The maximum absolute atomic E-state index is 14.2. The van der Waals surface area contributed by atoms with Crippen molar-refractivity contribution in [1.29, 1.82) is 0 Å². The summed E-state index contributed by atoms with van der Waals surface area (Å²) in [6.07, 6.45) is 3.48.